The predicted octanol–water partition coefficient (Wildman–Crippen LogP) is 1.42. The maximum Gasteiger partial charge on any atom is 0.183 e. The summed E-state index contributed by atoms with van der Waals surface area (Å²) in [5.41, 5.74) is 0. The van der Waals surface area contributed by atoms with Gasteiger partial charge < -0.3 is 0 Å². The van der Waals surface area contributed by atoms with Gasteiger partial charge in [-0.25, -0.2) is 4.98 Å². The van der Waals surface area contributed by atoms with E-state index in [1.54, 1.807) is 6.20 Å². The summed E-state index contributed by atoms with van der Waals surface area (Å²) in [4.78, 5) is 3.70. The van der Waals surface area contributed by atoms with Crippen LogP contribution in [0.5, 0.6) is 0 Å². The van der Waals surface area contributed by atoms with Crippen molar-refractivity contribution in [3.05, 3.63) is 16.0 Å². The van der Waals surface area contributed by atoms with Gasteiger partial charge in [-0.1, -0.05) is 11.6 Å². The zero-order valence-electron chi connectivity index (χ0n) is 3.89. The average Bonchev–Trinajstić information content (AvgIpc) is 1.86. The number of hydrogen-bond donors (Lipinski definition) is 0. The second-order valence-electron chi connectivity index (χ2n) is 0.785. The van der Waals surface area contributed by atoms with E-state index in [9.17, 15) is 0 Å². The molecule has 0 aliphatic rings. The van der Waals surface area contributed by atoms with E-state index in [0.29, 0.717) is 4.47 Å². The standard InChI is InChI=1S/C3H2ClNS.Na/c4-3-5-1-2-6-3;/h1-2H;. The van der Waals surface area contributed by atoms with Crippen LogP contribution in [0.3, 0.4) is 0 Å². The van der Waals surface area contributed by atoms with Gasteiger partial charge in [0.1, 0.15) is 0 Å². The molecule has 1 aromatic heterocycles. The Morgan fingerprint density at radius 3 is 2.57 bits per heavy atom. The molecule has 1 radical (unpaired) electrons. The van der Waals surface area contributed by atoms with Crippen molar-refractivity contribution in [2.45, 2.75) is 0 Å². The molecule has 0 N–H and O–H groups in total. The van der Waals surface area contributed by atoms with Gasteiger partial charge in [0.05, 0.1) is 0 Å². The van der Waals surface area contributed by atoms with E-state index in [4.69, 9.17) is 11.6 Å². The van der Waals surface area contributed by atoms with E-state index in [2.05, 4.69) is 4.98 Å². The molecule has 0 atom stereocenters. The zero-order valence-corrected chi connectivity index (χ0v) is 7.46. The molecule has 0 saturated heterocycles. The number of nitrogens with zero attached hydrogens (tertiary/aromatic N) is 1. The number of halogens is 1. The third-order valence-electron chi connectivity index (χ3n) is 0.402. The van der Waals surface area contributed by atoms with Crippen molar-refractivity contribution in [3.63, 3.8) is 0 Å². The Morgan fingerprint density at radius 2 is 2.43 bits per heavy atom. The van der Waals surface area contributed by atoms with Gasteiger partial charge in [-0.05, 0) is 0 Å². The number of hydrogen-bond acceptors (Lipinski definition) is 2. The molecule has 0 aliphatic carbocycles. The SMILES string of the molecule is Clc1nccs1.[Na]. The first-order chi connectivity index (χ1) is 2.89. The van der Waals surface area contributed by atoms with Crippen molar-refractivity contribution >= 4 is 52.5 Å². The van der Waals surface area contributed by atoms with Crippen molar-refractivity contribution in [3.8, 4) is 0 Å². The van der Waals surface area contributed by atoms with Crippen molar-refractivity contribution in [1.82, 2.24) is 4.98 Å². The minimum Gasteiger partial charge on any atom is -0.234 e. The molecule has 0 unspecified atom stereocenters. The molecule has 0 spiro atoms. The summed E-state index contributed by atoms with van der Waals surface area (Å²) in [6, 6.07) is 0. The molecule has 1 nitrogen and oxygen atoms in total. The molecule has 7 heavy (non-hydrogen) atoms. The van der Waals surface area contributed by atoms with Crippen molar-refractivity contribution < 1.29 is 0 Å². The van der Waals surface area contributed by atoms with E-state index in [-0.39, 0.29) is 29.6 Å². The topological polar surface area (TPSA) is 12.9 Å². The van der Waals surface area contributed by atoms with Crippen molar-refractivity contribution in [1.29, 1.82) is 0 Å². The monoisotopic (exact) mass is 142 g/mol. The van der Waals surface area contributed by atoms with E-state index >= 15 is 0 Å². The molecule has 0 saturated carbocycles. The van der Waals surface area contributed by atoms with Crippen LogP contribution in [0.25, 0.3) is 0 Å². The summed E-state index contributed by atoms with van der Waals surface area (Å²) < 4.78 is 0.606. The molecule has 0 bridgehead atoms. The largest absolute Gasteiger partial charge is 0.234 e. The molecule has 0 aliphatic heterocycles. The molecule has 4 heteroatoms. The van der Waals surface area contributed by atoms with Crippen molar-refractivity contribution in [2.24, 2.45) is 0 Å². The van der Waals surface area contributed by atoms with Crippen LogP contribution in [-0.4, -0.2) is 34.5 Å². The van der Waals surface area contributed by atoms with Crippen molar-refractivity contribution in [2.75, 3.05) is 0 Å². The van der Waals surface area contributed by atoms with Gasteiger partial charge in [-0.3, -0.25) is 0 Å². The maximum absolute atomic E-state index is 5.36. The van der Waals surface area contributed by atoms with Crippen LogP contribution in [0.2, 0.25) is 4.47 Å². The Kier molecular flexibility index (Phi) is 4.37. The maximum atomic E-state index is 5.36. The molecular weight excluding hydrogens is 141 g/mol. The molecule has 0 amide bonds. The Balaban J connectivity index is 0.000000360. The summed E-state index contributed by atoms with van der Waals surface area (Å²) in [5.74, 6) is 0. The van der Waals surface area contributed by atoms with E-state index in [0.717, 1.165) is 0 Å². The zero-order chi connectivity index (χ0) is 4.41. The van der Waals surface area contributed by atoms with Gasteiger partial charge in [0.2, 0.25) is 0 Å². The summed E-state index contributed by atoms with van der Waals surface area (Å²) in [7, 11) is 0. The third-order valence-corrected chi connectivity index (χ3v) is 1.32. The second kappa shape index (κ2) is 3.87. The van der Waals surface area contributed by atoms with Crippen LogP contribution in [0.4, 0.5) is 0 Å². The minimum atomic E-state index is 0. The molecule has 0 fully saturated rings. The minimum absolute atomic E-state index is 0. The number of thiazole rings is 1. The van der Waals surface area contributed by atoms with Crippen LogP contribution in [0.1, 0.15) is 0 Å². The first-order valence-electron chi connectivity index (χ1n) is 1.44. The van der Waals surface area contributed by atoms with E-state index in [1.165, 1.54) is 11.3 Å². The Labute approximate surface area is 73.0 Å². The normalized spacial score (nSPS) is 7.57. The Morgan fingerprint density at radius 1 is 1.71 bits per heavy atom. The molecule has 1 aromatic rings. The quantitative estimate of drug-likeness (QED) is 0.500. The Bertz CT molecular complexity index is 118. The van der Waals surface area contributed by atoms with Gasteiger partial charge in [0, 0.05) is 41.1 Å². The first kappa shape index (κ1) is 7.92. The van der Waals surface area contributed by atoms with Crippen LogP contribution in [0, 0.1) is 0 Å². The third kappa shape index (κ3) is 2.67. The van der Waals surface area contributed by atoms with E-state index in [1.807, 2.05) is 5.38 Å². The molecular formula is C3H2ClNNaS. The van der Waals surface area contributed by atoms with Crippen LogP contribution >= 0.6 is 22.9 Å². The number of aromatic nitrogens is 1. The predicted molar refractivity (Wildman–Crippen MR) is 32.9 cm³/mol. The first-order valence-corrected chi connectivity index (χ1v) is 2.70. The van der Waals surface area contributed by atoms with Gasteiger partial charge >= 0.3 is 0 Å². The van der Waals surface area contributed by atoms with Crippen LogP contribution in [-0.2, 0) is 0 Å². The van der Waals surface area contributed by atoms with Crippen LogP contribution in [0.15, 0.2) is 11.6 Å². The van der Waals surface area contributed by atoms with Gasteiger partial charge in [0.25, 0.3) is 0 Å². The smallest absolute Gasteiger partial charge is 0.183 e. The Hall–Kier alpha value is 0.920. The van der Waals surface area contributed by atoms with Gasteiger partial charge in [0.15, 0.2) is 4.47 Å². The fraction of sp³-hybridized carbons (Fsp3) is 0. The number of rotatable bonds is 0. The summed E-state index contributed by atoms with van der Waals surface area (Å²) in [6.07, 6.45) is 1.67. The van der Waals surface area contributed by atoms with Crippen LogP contribution < -0.4 is 0 Å². The molecule has 1 rings (SSSR count). The van der Waals surface area contributed by atoms with Gasteiger partial charge in [-0.15, -0.1) is 11.3 Å². The summed E-state index contributed by atoms with van der Waals surface area (Å²) in [5, 5.41) is 1.84. The molecule has 33 valence electrons. The second-order valence-corrected chi connectivity index (χ2v) is 2.26. The average molecular weight is 143 g/mol. The van der Waals surface area contributed by atoms with Gasteiger partial charge in [-0.2, -0.15) is 0 Å². The fourth-order valence-corrected chi connectivity index (χ4v) is 0.772. The van der Waals surface area contributed by atoms with E-state index < -0.39 is 0 Å². The summed E-state index contributed by atoms with van der Waals surface area (Å²) in [6.45, 7) is 0. The molecule has 1 heterocycles. The fourth-order valence-electron chi connectivity index (χ4n) is 0.206. The summed E-state index contributed by atoms with van der Waals surface area (Å²) >= 11 is 6.79. The molecule has 0 aromatic carbocycles.